The molecule has 0 unspecified atom stereocenters. The number of carbonyl (C=O) groups is 1. The van der Waals surface area contributed by atoms with E-state index in [-0.39, 0.29) is 18.3 Å². The van der Waals surface area contributed by atoms with Crippen LogP contribution in [0.1, 0.15) is 12.0 Å². The number of hydrogen-bond donors (Lipinski definition) is 2. The molecule has 3 rings (SSSR count). The van der Waals surface area contributed by atoms with Gasteiger partial charge in [0.05, 0.1) is 19.3 Å². The third-order valence-electron chi connectivity index (χ3n) is 3.87. The smallest absolute Gasteiger partial charge is 0.248 e. The van der Waals surface area contributed by atoms with Crippen LogP contribution in [0.25, 0.3) is 0 Å². The van der Waals surface area contributed by atoms with E-state index in [0.717, 1.165) is 15.7 Å². The van der Waals surface area contributed by atoms with Gasteiger partial charge in [0, 0.05) is 22.5 Å². The van der Waals surface area contributed by atoms with Gasteiger partial charge < -0.3 is 10.1 Å². The first-order valence-electron chi connectivity index (χ1n) is 8.54. The van der Waals surface area contributed by atoms with E-state index in [1.807, 2.05) is 24.3 Å². The maximum atomic E-state index is 12.1. The fourth-order valence-corrected chi connectivity index (χ4v) is 2.96. The molecular weight excluding hydrogens is 446 g/mol. The molecule has 146 valence electrons. The highest BCUT2D eigenvalue weighted by Crippen LogP contribution is 2.27. The Morgan fingerprint density at radius 2 is 2.04 bits per heavy atom. The van der Waals surface area contributed by atoms with E-state index in [9.17, 15) is 4.79 Å². The molecule has 3 aromatic rings. The molecule has 1 amide bonds. The van der Waals surface area contributed by atoms with Crippen molar-refractivity contribution in [3.63, 3.8) is 0 Å². The van der Waals surface area contributed by atoms with Crippen LogP contribution in [-0.2, 0) is 11.3 Å². The summed E-state index contributed by atoms with van der Waals surface area (Å²) in [6.45, 7) is 0.994. The van der Waals surface area contributed by atoms with Crippen molar-refractivity contribution < 1.29 is 9.53 Å². The van der Waals surface area contributed by atoms with Gasteiger partial charge in [0.25, 0.3) is 0 Å². The normalized spacial score (nSPS) is 10.5. The van der Waals surface area contributed by atoms with Crippen LogP contribution < -0.4 is 15.4 Å². The molecule has 0 fully saturated rings. The van der Waals surface area contributed by atoms with Crippen LogP contribution in [0.5, 0.6) is 5.75 Å². The fourth-order valence-electron chi connectivity index (χ4n) is 2.52. The number of ether oxygens (including phenoxy) is 1. The van der Waals surface area contributed by atoms with Gasteiger partial charge in [-0.1, -0.05) is 39.7 Å². The predicted octanol–water partition coefficient (Wildman–Crippen LogP) is 4.19. The van der Waals surface area contributed by atoms with Gasteiger partial charge in [-0.15, -0.1) is 5.10 Å². The van der Waals surface area contributed by atoms with Crippen LogP contribution in [0.15, 0.2) is 53.3 Å². The molecule has 0 aliphatic carbocycles. The predicted molar refractivity (Wildman–Crippen MR) is 113 cm³/mol. The average Bonchev–Trinajstić information content (AvgIpc) is 3.10. The van der Waals surface area contributed by atoms with Gasteiger partial charge in [0.15, 0.2) is 0 Å². The molecular formula is C19H19BrClN5O2. The van der Waals surface area contributed by atoms with Crippen molar-refractivity contribution in [3.8, 4) is 5.75 Å². The number of anilines is 2. The third kappa shape index (κ3) is 5.71. The number of benzene rings is 2. The third-order valence-corrected chi connectivity index (χ3v) is 4.64. The Labute approximate surface area is 176 Å². The van der Waals surface area contributed by atoms with E-state index >= 15 is 0 Å². The van der Waals surface area contributed by atoms with Gasteiger partial charge in [0.1, 0.15) is 12.1 Å². The standard InChI is InChI=1S/C19H19BrClN5O2/c1-28-17-7-6-15(21)10-16(17)22-9-8-18(27)24-19-23-12-26(25-19)11-13-2-4-14(20)5-3-13/h2-7,10,12,22H,8-9,11H2,1H3,(H,24,25,27). The van der Waals surface area contributed by atoms with Crippen LogP contribution in [0.4, 0.5) is 11.6 Å². The van der Waals surface area contributed by atoms with Crippen molar-refractivity contribution in [2.45, 2.75) is 13.0 Å². The number of carbonyl (C=O) groups excluding carboxylic acids is 1. The Bertz CT molecular complexity index is 946. The molecule has 1 heterocycles. The van der Waals surface area contributed by atoms with E-state index in [1.165, 1.54) is 0 Å². The molecule has 0 atom stereocenters. The lowest BCUT2D eigenvalue weighted by Gasteiger charge is -2.11. The van der Waals surface area contributed by atoms with Crippen LogP contribution in [0, 0.1) is 0 Å². The molecule has 9 heteroatoms. The minimum absolute atomic E-state index is 0.185. The van der Waals surface area contributed by atoms with E-state index in [2.05, 4.69) is 36.6 Å². The number of aromatic nitrogens is 3. The number of nitrogens with one attached hydrogen (secondary N) is 2. The Morgan fingerprint density at radius 3 is 2.79 bits per heavy atom. The topological polar surface area (TPSA) is 81.1 Å². The molecule has 0 aliphatic heterocycles. The summed E-state index contributed by atoms with van der Waals surface area (Å²) in [7, 11) is 1.58. The van der Waals surface area contributed by atoms with Crippen LogP contribution in [0.3, 0.4) is 0 Å². The fraction of sp³-hybridized carbons (Fsp3) is 0.211. The second kappa shape index (κ2) is 9.57. The van der Waals surface area contributed by atoms with Gasteiger partial charge in [-0.05, 0) is 35.9 Å². The molecule has 0 saturated carbocycles. The summed E-state index contributed by atoms with van der Waals surface area (Å²) in [5, 5.41) is 10.7. The average molecular weight is 465 g/mol. The summed E-state index contributed by atoms with van der Waals surface area (Å²) < 4.78 is 7.96. The summed E-state index contributed by atoms with van der Waals surface area (Å²) in [5.74, 6) is 0.760. The molecule has 0 aliphatic rings. The second-order valence-electron chi connectivity index (χ2n) is 5.96. The van der Waals surface area contributed by atoms with Crippen molar-refractivity contribution >= 4 is 45.1 Å². The Kier molecular flexibility index (Phi) is 6.89. The first-order valence-corrected chi connectivity index (χ1v) is 9.72. The number of hydrogen-bond acceptors (Lipinski definition) is 5. The number of amides is 1. The minimum Gasteiger partial charge on any atom is -0.495 e. The van der Waals surface area contributed by atoms with Crippen molar-refractivity contribution in [3.05, 3.63) is 63.9 Å². The molecule has 0 saturated heterocycles. The van der Waals surface area contributed by atoms with Crippen LogP contribution >= 0.6 is 27.5 Å². The lowest BCUT2D eigenvalue weighted by molar-refractivity contribution is -0.116. The van der Waals surface area contributed by atoms with Gasteiger partial charge in [-0.3, -0.25) is 10.1 Å². The van der Waals surface area contributed by atoms with E-state index in [1.54, 1.807) is 36.3 Å². The van der Waals surface area contributed by atoms with Crippen molar-refractivity contribution in [2.75, 3.05) is 24.3 Å². The lowest BCUT2D eigenvalue weighted by atomic mass is 10.2. The van der Waals surface area contributed by atoms with Gasteiger partial charge in [-0.2, -0.15) is 0 Å². The quantitative estimate of drug-likeness (QED) is 0.522. The molecule has 0 bridgehead atoms. The summed E-state index contributed by atoms with van der Waals surface area (Å²) in [6.07, 6.45) is 1.84. The Balaban J connectivity index is 1.48. The largest absolute Gasteiger partial charge is 0.495 e. The molecule has 2 aromatic carbocycles. The van der Waals surface area contributed by atoms with E-state index < -0.39 is 0 Å². The SMILES string of the molecule is COc1ccc(Cl)cc1NCCC(=O)Nc1ncn(Cc2ccc(Br)cc2)n1. The highest BCUT2D eigenvalue weighted by molar-refractivity contribution is 9.10. The molecule has 7 nitrogen and oxygen atoms in total. The zero-order valence-corrected chi connectivity index (χ0v) is 17.5. The van der Waals surface area contributed by atoms with Gasteiger partial charge >= 0.3 is 0 Å². The Morgan fingerprint density at radius 1 is 1.25 bits per heavy atom. The second-order valence-corrected chi connectivity index (χ2v) is 7.31. The lowest BCUT2D eigenvalue weighted by Crippen LogP contribution is -2.17. The van der Waals surface area contributed by atoms with E-state index in [4.69, 9.17) is 16.3 Å². The van der Waals surface area contributed by atoms with Crippen LogP contribution in [-0.4, -0.2) is 34.3 Å². The summed E-state index contributed by atoms with van der Waals surface area (Å²) in [5.41, 5.74) is 1.82. The molecule has 2 N–H and O–H groups in total. The number of halogens is 2. The minimum atomic E-state index is -0.185. The van der Waals surface area contributed by atoms with E-state index in [0.29, 0.717) is 23.9 Å². The Hall–Kier alpha value is -2.58. The van der Waals surface area contributed by atoms with Gasteiger partial charge in [0.2, 0.25) is 11.9 Å². The first-order chi connectivity index (χ1) is 13.5. The molecule has 1 aromatic heterocycles. The summed E-state index contributed by atoms with van der Waals surface area (Å²) >= 11 is 9.40. The summed E-state index contributed by atoms with van der Waals surface area (Å²) in [4.78, 5) is 16.3. The van der Waals surface area contributed by atoms with Crippen molar-refractivity contribution in [1.29, 1.82) is 0 Å². The summed E-state index contributed by atoms with van der Waals surface area (Å²) in [6, 6.07) is 13.2. The number of rotatable bonds is 8. The van der Waals surface area contributed by atoms with Gasteiger partial charge in [-0.25, -0.2) is 9.67 Å². The molecule has 28 heavy (non-hydrogen) atoms. The monoisotopic (exact) mass is 463 g/mol. The highest BCUT2D eigenvalue weighted by Gasteiger charge is 2.08. The molecule has 0 radical (unpaired) electrons. The maximum absolute atomic E-state index is 12.1. The number of nitrogens with zero attached hydrogens (tertiary/aromatic N) is 3. The zero-order chi connectivity index (χ0) is 19.9. The van der Waals surface area contributed by atoms with Crippen molar-refractivity contribution in [2.24, 2.45) is 0 Å². The zero-order valence-electron chi connectivity index (χ0n) is 15.2. The number of methoxy groups -OCH3 is 1. The van der Waals surface area contributed by atoms with Crippen molar-refractivity contribution in [1.82, 2.24) is 14.8 Å². The molecule has 0 spiro atoms. The maximum Gasteiger partial charge on any atom is 0.248 e. The highest BCUT2D eigenvalue weighted by atomic mass is 79.9. The van der Waals surface area contributed by atoms with Crippen LogP contribution in [0.2, 0.25) is 5.02 Å². The first kappa shape index (κ1) is 20.2.